The largest absolute Gasteiger partial charge is 0.399 e. The molecule has 4 rings (SSSR count). The summed E-state index contributed by atoms with van der Waals surface area (Å²) < 4.78 is 2.28. The van der Waals surface area contributed by atoms with Crippen molar-refractivity contribution in [2.75, 3.05) is 5.73 Å². The number of imidazole rings is 1. The topological polar surface area (TPSA) is 43.3 Å². The molecule has 19 heavy (non-hydrogen) atoms. The molecule has 0 amide bonds. The van der Waals surface area contributed by atoms with Crippen LogP contribution >= 0.6 is 11.3 Å². The van der Waals surface area contributed by atoms with Crippen LogP contribution in [0.1, 0.15) is 23.4 Å². The quantitative estimate of drug-likeness (QED) is 0.687. The number of hydrogen-bond donors (Lipinski definition) is 1. The van der Waals surface area contributed by atoms with Gasteiger partial charge in [0.05, 0.1) is 5.69 Å². The molecule has 1 aliphatic carbocycles. The van der Waals surface area contributed by atoms with Crippen LogP contribution in [0.5, 0.6) is 0 Å². The van der Waals surface area contributed by atoms with Gasteiger partial charge in [0.1, 0.15) is 0 Å². The van der Waals surface area contributed by atoms with Crippen molar-refractivity contribution >= 4 is 22.0 Å². The molecule has 0 unspecified atom stereocenters. The van der Waals surface area contributed by atoms with Gasteiger partial charge in [0.15, 0.2) is 4.96 Å². The molecule has 2 N–H and O–H groups in total. The summed E-state index contributed by atoms with van der Waals surface area (Å²) >= 11 is 1.84. The molecule has 0 aliphatic heterocycles. The first-order valence-electron chi connectivity index (χ1n) is 6.67. The van der Waals surface area contributed by atoms with E-state index in [-0.39, 0.29) is 0 Å². The predicted octanol–water partition coefficient (Wildman–Crippen LogP) is 3.52. The summed E-state index contributed by atoms with van der Waals surface area (Å²) in [4.78, 5) is 7.39. The fraction of sp³-hybridized carbons (Fsp3) is 0.267. The van der Waals surface area contributed by atoms with E-state index in [9.17, 15) is 0 Å². The van der Waals surface area contributed by atoms with Gasteiger partial charge in [-0.3, -0.25) is 4.40 Å². The molecule has 3 nitrogen and oxygen atoms in total. The van der Waals surface area contributed by atoms with Crippen LogP contribution in [0.3, 0.4) is 0 Å². The molecule has 2 heterocycles. The van der Waals surface area contributed by atoms with Crippen LogP contribution in [0.2, 0.25) is 0 Å². The number of nitrogen functional groups attached to an aromatic ring is 1. The Balaban J connectivity index is 1.86. The molecule has 0 fully saturated rings. The minimum absolute atomic E-state index is 0.788. The molecule has 0 atom stereocenters. The summed E-state index contributed by atoms with van der Waals surface area (Å²) in [5, 5.41) is 0. The van der Waals surface area contributed by atoms with E-state index >= 15 is 0 Å². The molecule has 96 valence electrons. The molecule has 0 radical (unpaired) electrons. The Morgan fingerprint density at radius 3 is 3.00 bits per heavy atom. The van der Waals surface area contributed by atoms with Gasteiger partial charge < -0.3 is 5.73 Å². The standard InChI is InChI=1S/C15H15N3S/c16-11-5-3-4-10(8-11)12-9-18-13-6-1-2-7-14(13)19-15(18)17-12/h3-5,8-9H,1-2,6-7,16H2. The third kappa shape index (κ3) is 1.75. The van der Waals surface area contributed by atoms with Gasteiger partial charge in [0.2, 0.25) is 0 Å². The summed E-state index contributed by atoms with van der Waals surface area (Å²) in [6.45, 7) is 0. The Bertz CT molecular complexity index is 754. The summed E-state index contributed by atoms with van der Waals surface area (Å²) in [5.41, 5.74) is 10.2. The molecule has 1 aromatic carbocycles. The van der Waals surface area contributed by atoms with Crippen LogP contribution in [-0.4, -0.2) is 9.38 Å². The van der Waals surface area contributed by atoms with E-state index in [1.54, 1.807) is 0 Å². The van der Waals surface area contributed by atoms with E-state index in [0.717, 1.165) is 21.9 Å². The number of nitrogens with two attached hydrogens (primary N) is 1. The second-order valence-corrected chi connectivity index (χ2v) is 6.15. The van der Waals surface area contributed by atoms with Gasteiger partial charge in [0.25, 0.3) is 0 Å². The SMILES string of the molecule is Nc1cccc(-c2cn3c4c(sc3n2)CCCC4)c1. The average Bonchev–Trinajstić information content (AvgIpc) is 2.96. The van der Waals surface area contributed by atoms with E-state index < -0.39 is 0 Å². The third-order valence-corrected chi connectivity index (χ3v) is 4.91. The molecule has 4 heteroatoms. The first kappa shape index (κ1) is 11.1. The number of thiazole rings is 1. The smallest absolute Gasteiger partial charge is 0.194 e. The van der Waals surface area contributed by atoms with Crippen LogP contribution in [0, 0.1) is 0 Å². The maximum absolute atomic E-state index is 5.84. The Hall–Kier alpha value is -1.81. The fourth-order valence-electron chi connectivity index (χ4n) is 2.80. The third-order valence-electron chi connectivity index (χ3n) is 3.75. The average molecular weight is 269 g/mol. The lowest BCUT2D eigenvalue weighted by molar-refractivity contribution is 0.674. The van der Waals surface area contributed by atoms with Crippen molar-refractivity contribution in [3.63, 3.8) is 0 Å². The Morgan fingerprint density at radius 2 is 2.11 bits per heavy atom. The van der Waals surface area contributed by atoms with E-state index in [1.165, 1.54) is 36.3 Å². The number of hydrogen-bond acceptors (Lipinski definition) is 3. The van der Waals surface area contributed by atoms with E-state index in [4.69, 9.17) is 10.7 Å². The number of benzene rings is 1. The van der Waals surface area contributed by atoms with Crippen molar-refractivity contribution in [2.45, 2.75) is 25.7 Å². The molecular formula is C15H15N3S. The minimum Gasteiger partial charge on any atom is -0.399 e. The van der Waals surface area contributed by atoms with E-state index in [2.05, 4.69) is 16.7 Å². The van der Waals surface area contributed by atoms with Crippen molar-refractivity contribution in [2.24, 2.45) is 0 Å². The molecule has 0 spiro atoms. The highest BCUT2D eigenvalue weighted by molar-refractivity contribution is 7.17. The van der Waals surface area contributed by atoms with Crippen LogP contribution in [-0.2, 0) is 12.8 Å². The van der Waals surface area contributed by atoms with Crippen molar-refractivity contribution in [3.05, 3.63) is 41.0 Å². The van der Waals surface area contributed by atoms with Gasteiger partial charge in [-0.15, -0.1) is 11.3 Å². The van der Waals surface area contributed by atoms with Crippen molar-refractivity contribution in [1.82, 2.24) is 9.38 Å². The van der Waals surface area contributed by atoms with Crippen LogP contribution in [0.4, 0.5) is 5.69 Å². The zero-order valence-corrected chi connectivity index (χ0v) is 11.4. The number of nitrogens with zero attached hydrogens (tertiary/aromatic N) is 2. The predicted molar refractivity (Wildman–Crippen MR) is 79.6 cm³/mol. The lowest BCUT2D eigenvalue weighted by Crippen LogP contribution is -2.01. The van der Waals surface area contributed by atoms with Gasteiger partial charge in [0, 0.05) is 28.0 Å². The molecule has 0 saturated heterocycles. The fourth-order valence-corrected chi connectivity index (χ4v) is 3.99. The number of aromatic nitrogens is 2. The van der Waals surface area contributed by atoms with Gasteiger partial charge in [-0.25, -0.2) is 4.98 Å². The minimum atomic E-state index is 0.788. The van der Waals surface area contributed by atoms with E-state index in [0.29, 0.717) is 0 Å². The van der Waals surface area contributed by atoms with Gasteiger partial charge >= 0.3 is 0 Å². The van der Waals surface area contributed by atoms with Gasteiger partial charge in [-0.1, -0.05) is 12.1 Å². The second kappa shape index (κ2) is 4.10. The zero-order chi connectivity index (χ0) is 12.8. The van der Waals surface area contributed by atoms with Crippen molar-refractivity contribution in [1.29, 1.82) is 0 Å². The maximum atomic E-state index is 5.84. The zero-order valence-electron chi connectivity index (χ0n) is 10.6. The number of fused-ring (bicyclic) bond motifs is 3. The van der Waals surface area contributed by atoms with Crippen molar-refractivity contribution in [3.8, 4) is 11.3 Å². The lowest BCUT2D eigenvalue weighted by Gasteiger charge is -2.09. The van der Waals surface area contributed by atoms with Crippen LogP contribution < -0.4 is 5.73 Å². The summed E-state index contributed by atoms with van der Waals surface area (Å²) in [6, 6.07) is 7.94. The lowest BCUT2D eigenvalue weighted by atomic mass is 10.0. The van der Waals surface area contributed by atoms with Gasteiger partial charge in [-0.05, 0) is 37.8 Å². The highest BCUT2D eigenvalue weighted by atomic mass is 32.1. The first-order chi connectivity index (χ1) is 9.31. The summed E-state index contributed by atoms with van der Waals surface area (Å²) in [5.74, 6) is 0. The molecule has 0 saturated carbocycles. The molecule has 2 aromatic heterocycles. The first-order valence-corrected chi connectivity index (χ1v) is 7.48. The number of anilines is 1. The Morgan fingerprint density at radius 1 is 1.21 bits per heavy atom. The normalized spacial score (nSPS) is 14.7. The molecule has 1 aliphatic rings. The summed E-state index contributed by atoms with van der Waals surface area (Å²) in [6.07, 6.45) is 7.17. The Kier molecular flexibility index (Phi) is 2.38. The van der Waals surface area contributed by atoms with Gasteiger partial charge in [-0.2, -0.15) is 0 Å². The second-order valence-electron chi connectivity index (χ2n) is 5.08. The van der Waals surface area contributed by atoms with E-state index in [1.807, 2.05) is 29.5 Å². The molecule has 0 bridgehead atoms. The monoisotopic (exact) mass is 269 g/mol. The highest BCUT2D eigenvalue weighted by Gasteiger charge is 2.18. The van der Waals surface area contributed by atoms with Crippen LogP contribution in [0.15, 0.2) is 30.5 Å². The summed E-state index contributed by atoms with van der Waals surface area (Å²) in [7, 11) is 0. The highest BCUT2D eigenvalue weighted by Crippen LogP contribution is 2.32. The Labute approximate surface area is 115 Å². The van der Waals surface area contributed by atoms with Crippen LogP contribution in [0.25, 0.3) is 16.2 Å². The molecule has 3 aromatic rings. The number of rotatable bonds is 1. The maximum Gasteiger partial charge on any atom is 0.194 e. The molecular weight excluding hydrogens is 254 g/mol. The number of aryl methyl sites for hydroxylation is 2. The van der Waals surface area contributed by atoms with Crippen molar-refractivity contribution < 1.29 is 0 Å².